The molecule has 1 aromatic rings. The molecule has 1 amide bonds. The number of rotatable bonds is 5. The Kier molecular flexibility index (Phi) is 6.02. The summed E-state index contributed by atoms with van der Waals surface area (Å²) in [6, 6.07) is 7.22. The Morgan fingerprint density at radius 3 is 2.50 bits per heavy atom. The van der Waals surface area contributed by atoms with Crippen LogP contribution in [0.3, 0.4) is 0 Å². The van der Waals surface area contributed by atoms with Gasteiger partial charge >= 0.3 is 6.09 Å². The third-order valence-electron chi connectivity index (χ3n) is 6.42. The molecule has 0 spiro atoms. The molecule has 2 unspecified atom stereocenters. The minimum atomic E-state index is -3.52. The number of piperidine rings is 1. The van der Waals surface area contributed by atoms with Gasteiger partial charge in [-0.15, -0.1) is 0 Å². The van der Waals surface area contributed by atoms with Crippen molar-refractivity contribution in [2.75, 3.05) is 19.7 Å². The number of carbonyl (C=O) groups excluding carboxylic acids is 1. The first-order valence-electron chi connectivity index (χ1n) is 10.8. The fourth-order valence-electron chi connectivity index (χ4n) is 4.82. The van der Waals surface area contributed by atoms with Crippen LogP contribution in [-0.4, -0.2) is 55.5 Å². The van der Waals surface area contributed by atoms with E-state index in [9.17, 15) is 13.2 Å². The second-order valence-electron chi connectivity index (χ2n) is 8.42. The number of carbonyl (C=O) groups is 1. The lowest BCUT2D eigenvalue weighted by atomic mass is 9.86. The highest BCUT2D eigenvalue weighted by Crippen LogP contribution is 2.34. The van der Waals surface area contributed by atoms with Crippen LogP contribution in [0.2, 0.25) is 0 Å². The van der Waals surface area contributed by atoms with Crippen LogP contribution < -0.4 is 0 Å². The van der Waals surface area contributed by atoms with Gasteiger partial charge < -0.3 is 4.74 Å². The van der Waals surface area contributed by atoms with Gasteiger partial charge in [0.25, 0.3) is 0 Å². The van der Waals surface area contributed by atoms with Crippen LogP contribution in [0.5, 0.6) is 0 Å². The Morgan fingerprint density at radius 1 is 1.13 bits per heavy atom. The van der Waals surface area contributed by atoms with Crippen molar-refractivity contribution >= 4 is 16.1 Å². The van der Waals surface area contributed by atoms with E-state index in [1.165, 1.54) is 0 Å². The van der Waals surface area contributed by atoms with E-state index < -0.39 is 10.0 Å². The van der Waals surface area contributed by atoms with Crippen molar-refractivity contribution in [2.45, 2.75) is 56.5 Å². The molecular formula is C23H30N2O4S. The first-order valence-corrected chi connectivity index (χ1v) is 12.2. The van der Waals surface area contributed by atoms with Crippen molar-refractivity contribution in [3.8, 4) is 0 Å². The summed E-state index contributed by atoms with van der Waals surface area (Å²) in [6.07, 6.45) is 9.09. The molecular weight excluding hydrogens is 400 g/mol. The SMILES string of the molecule is CCCc1ccc(S(=O)(=O)N2CCC(N3C(=O)OCC4C=CC=C(C)C43)CC2)cc1. The van der Waals surface area contributed by atoms with E-state index in [1.807, 2.05) is 23.1 Å². The van der Waals surface area contributed by atoms with Gasteiger partial charge in [-0.2, -0.15) is 4.31 Å². The molecule has 2 saturated heterocycles. The van der Waals surface area contributed by atoms with Gasteiger partial charge in [0, 0.05) is 25.0 Å². The predicted octanol–water partition coefficient (Wildman–Crippen LogP) is 3.75. The molecule has 4 rings (SSSR count). The Balaban J connectivity index is 1.46. The standard InChI is InChI=1S/C23H30N2O4S/c1-3-5-18-8-10-21(11-9-18)30(27,28)24-14-12-20(13-15-24)25-22-17(2)6-4-7-19(22)16-29-23(25)26/h4,6-11,19-20,22H,3,5,12-16H2,1-2H3. The number of hydrogen-bond donors (Lipinski definition) is 0. The summed E-state index contributed by atoms with van der Waals surface area (Å²) in [7, 11) is -3.52. The molecule has 30 heavy (non-hydrogen) atoms. The summed E-state index contributed by atoms with van der Waals surface area (Å²) in [4.78, 5) is 14.8. The van der Waals surface area contributed by atoms with E-state index in [0.717, 1.165) is 24.0 Å². The number of aryl methyl sites for hydroxylation is 1. The van der Waals surface area contributed by atoms with Crippen LogP contribution in [0.15, 0.2) is 53.0 Å². The number of amides is 1. The highest BCUT2D eigenvalue weighted by Gasteiger charge is 2.43. The normalized spacial score (nSPS) is 25.6. The molecule has 0 aromatic heterocycles. The molecule has 2 fully saturated rings. The van der Waals surface area contributed by atoms with Crippen LogP contribution in [0.25, 0.3) is 0 Å². The molecule has 3 aliphatic rings. The maximum Gasteiger partial charge on any atom is 0.410 e. The number of benzene rings is 1. The number of hydrogen-bond acceptors (Lipinski definition) is 4. The number of ether oxygens (including phenoxy) is 1. The van der Waals surface area contributed by atoms with Crippen LogP contribution in [-0.2, 0) is 21.2 Å². The van der Waals surface area contributed by atoms with E-state index in [-0.39, 0.29) is 24.1 Å². The molecule has 0 bridgehead atoms. The molecule has 162 valence electrons. The Hall–Kier alpha value is -2.12. The molecule has 2 atom stereocenters. The van der Waals surface area contributed by atoms with Gasteiger partial charge in [-0.3, -0.25) is 4.90 Å². The van der Waals surface area contributed by atoms with Crippen molar-refractivity contribution in [3.05, 3.63) is 53.6 Å². The molecule has 6 nitrogen and oxygen atoms in total. The van der Waals surface area contributed by atoms with Gasteiger partial charge in [0.05, 0.1) is 10.9 Å². The predicted molar refractivity (Wildman–Crippen MR) is 116 cm³/mol. The van der Waals surface area contributed by atoms with Crippen LogP contribution in [0.1, 0.15) is 38.7 Å². The number of allylic oxidation sites excluding steroid dienone is 2. The van der Waals surface area contributed by atoms with Crippen molar-refractivity contribution in [1.29, 1.82) is 0 Å². The van der Waals surface area contributed by atoms with Crippen LogP contribution >= 0.6 is 0 Å². The highest BCUT2D eigenvalue weighted by molar-refractivity contribution is 7.89. The van der Waals surface area contributed by atoms with E-state index in [4.69, 9.17) is 4.74 Å². The molecule has 0 N–H and O–H groups in total. The maximum absolute atomic E-state index is 13.1. The smallest absolute Gasteiger partial charge is 0.410 e. The zero-order valence-corrected chi connectivity index (χ0v) is 18.5. The monoisotopic (exact) mass is 430 g/mol. The minimum Gasteiger partial charge on any atom is -0.449 e. The zero-order valence-electron chi connectivity index (χ0n) is 17.7. The van der Waals surface area contributed by atoms with Crippen molar-refractivity contribution in [3.63, 3.8) is 0 Å². The van der Waals surface area contributed by atoms with Crippen molar-refractivity contribution in [1.82, 2.24) is 9.21 Å². The Morgan fingerprint density at radius 2 is 1.83 bits per heavy atom. The van der Waals surface area contributed by atoms with E-state index >= 15 is 0 Å². The summed E-state index contributed by atoms with van der Waals surface area (Å²) in [6.45, 7) is 5.38. The molecule has 1 aromatic carbocycles. The third-order valence-corrected chi connectivity index (χ3v) is 8.33. The third kappa shape index (κ3) is 3.93. The molecule has 2 heterocycles. The van der Waals surface area contributed by atoms with Crippen molar-refractivity contribution < 1.29 is 17.9 Å². The second-order valence-corrected chi connectivity index (χ2v) is 10.4. The zero-order chi connectivity index (χ0) is 21.3. The summed E-state index contributed by atoms with van der Waals surface area (Å²) in [5, 5.41) is 0. The largest absolute Gasteiger partial charge is 0.449 e. The molecule has 0 radical (unpaired) electrons. The first-order chi connectivity index (χ1) is 14.4. The fourth-order valence-corrected chi connectivity index (χ4v) is 6.29. The lowest BCUT2D eigenvalue weighted by molar-refractivity contribution is 0.00287. The van der Waals surface area contributed by atoms with Gasteiger partial charge in [-0.05, 0) is 43.9 Å². The van der Waals surface area contributed by atoms with Gasteiger partial charge in [-0.25, -0.2) is 13.2 Å². The average Bonchev–Trinajstić information content (AvgIpc) is 2.75. The average molecular weight is 431 g/mol. The summed E-state index contributed by atoms with van der Waals surface area (Å²) >= 11 is 0. The number of cyclic esters (lactones) is 1. The van der Waals surface area contributed by atoms with E-state index in [1.54, 1.807) is 16.4 Å². The van der Waals surface area contributed by atoms with Crippen molar-refractivity contribution in [2.24, 2.45) is 5.92 Å². The van der Waals surface area contributed by atoms with Crippen LogP contribution in [0, 0.1) is 5.92 Å². The van der Waals surface area contributed by atoms with E-state index in [0.29, 0.717) is 37.4 Å². The number of nitrogens with zero attached hydrogens (tertiary/aromatic N) is 2. The fraction of sp³-hybridized carbons (Fsp3) is 0.522. The lowest BCUT2D eigenvalue weighted by Gasteiger charge is -2.47. The second kappa shape index (κ2) is 8.55. The van der Waals surface area contributed by atoms with Gasteiger partial charge in [-0.1, -0.05) is 49.3 Å². The quantitative estimate of drug-likeness (QED) is 0.714. The highest BCUT2D eigenvalue weighted by atomic mass is 32.2. The van der Waals surface area contributed by atoms with Gasteiger partial charge in [0.15, 0.2) is 0 Å². The molecule has 7 heteroatoms. The Bertz CT molecular complexity index is 944. The summed E-state index contributed by atoms with van der Waals surface area (Å²) in [5.41, 5.74) is 2.31. The molecule has 2 aliphatic heterocycles. The maximum atomic E-state index is 13.1. The summed E-state index contributed by atoms with van der Waals surface area (Å²) in [5.74, 6) is 0.163. The first kappa shape index (κ1) is 21.1. The van der Waals surface area contributed by atoms with Gasteiger partial charge in [0.2, 0.25) is 10.0 Å². The summed E-state index contributed by atoms with van der Waals surface area (Å²) < 4.78 is 33.2. The molecule has 0 saturated carbocycles. The minimum absolute atomic E-state index is 0.00974. The number of fused-ring (bicyclic) bond motifs is 1. The van der Waals surface area contributed by atoms with E-state index in [2.05, 4.69) is 26.0 Å². The number of sulfonamides is 1. The molecule has 1 aliphatic carbocycles. The lowest BCUT2D eigenvalue weighted by Crippen LogP contribution is -2.58. The van der Waals surface area contributed by atoms with Crippen LogP contribution in [0.4, 0.5) is 4.79 Å². The van der Waals surface area contributed by atoms with Gasteiger partial charge in [0.1, 0.15) is 6.61 Å². The Labute approximate surface area is 179 Å². The topological polar surface area (TPSA) is 66.9 Å².